The molecule has 154 valence electrons. The molecule has 6 heteroatoms. The summed E-state index contributed by atoms with van der Waals surface area (Å²) in [7, 11) is 3.17. The van der Waals surface area contributed by atoms with E-state index in [1.165, 1.54) is 0 Å². The molecule has 0 aliphatic carbocycles. The highest BCUT2D eigenvalue weighted by Gasteiger charge is 2.15. The number of methoxy groups -OCH3 is 2. The molecule has 4 rings (SSSR count). The molecule has 0 saturated carbocycles. The number of rotatable bonds is 6. The Morgan fingerprint density at radius 2 is 1.67 bits per heavy atom. The molecule has 0 saturated heterocycles. The number of benzene rings is 3. The summed E-state index contributed by atoms with van der Waals surface area (Å²) in [5.41, 5.74) is 1.46. The Balaban J connectivity index is 1.79. The molecule has 0 aliphatic rings. The van der Waals surface area contributed by atoms with Crippen LogP contribution in [0.5, 0.6) is 17.2 Å². The molecule has 6 nitrogen and oxygen atoms in total. The lowest BCUT2D eigenvalue weighted by Gasteiger charge is -2.14. The fraction of sp³-hybridized carbons (Fsp3) is 0.208. The lowest BCUT2D eigenvalue weighted by atomic mass is 10.0. The first-order valence-corrected chi connectivity index (χ1v) is 9.53. The summed E-state index contributed by atoms with van der Waals surface area (Å²) in [5.74, 6) is 1.70. The maximum atomic E-state index is 12.6. The molecule has 0 bridgehead atoms. The van der Waals surface area contributed by atoms with Crippen LogP contribution in [0.1, 0.15) is 24.2 Å². The van der Waals surface area contributed by atoms with Crippen LogP contribution in [-0.2, 0) is 6.61 Å². The van der Waals surface area contributed by atoms with Gasteiger partial charge in [-0.25, -0.2) is 4.79 Å². The quantitative estimate of drug-likeness (QED) is 0.373. The molecule has 1 heterocycles. The average Bonchev–Trinajstić information content (AvgIpc) is 2.77. The topological polar surface area (TPSA) is 78.1 Å². The third-order valence-electron chi connectivity index (χ3n) is 5.08. The number of fused-ring (bicyclic) bond motifs is 3. The van der Waals surface area contributed by atoms with E-state index >= 15 is 0 Å². The standard InChI is InChI=1S/C24H22O6/c1-14(25)15-8-9-17-18-11-22(28-3)23(12-21(18)30-24(26)19(17)10-15)29-13-16-6-4-5-7-20(16)27-2/h4-12,14,25H,13H2,1-3H3. The van der Waals surface area contributed by atoms with Gasteiger partial charge in [0.15, 0.2) is 11.5 Å². The molecule has 0 radical (unpaired) electrons. The SMILES string of the molecule is COc1ccccc1COc1cc2oc(=O)c3cc(C(C)O)ccc3c2cc1OC. The lowest BCUT2D eigenvalue weighted by Crippen LogP contribution is -2.03. The summed E-state index contributed by atoms with van der Waals surface area (Å²) in [6.07, 6.45) is -0.676. The highest BCUT2D eigenvalue weighted by atomic mass is 16.5. The first kappa shape index (κ1) is 19.8. The number of para-hydroxylation sites is 1. The Hall–Kier alpha value is -3.51. The van der Waals surface area contributed by atoms with E-state index in [0.29, 0.717) is 28.0 Å². The normalized spacial score (nSPS) is 12.1. The van der Waals surface area contributed by atoms with E-state index in [9.17, 15) is 9.90 Å². The zero-order chi connectivity index (χ0) is 21.3. The Morgan fingerprint density at radius 1 is 0.900 bits per heavy atom. The van der Waals surface area contributed by atoms with Crippen LogP contribution in [0.4, 0.5) is 0 Å². The summed E-state index contributed by atoms with van der Waals surface area (Å²) in [6, 6.07) is 16.3. The molecule has 1 N–H and O–H groups in total. The molecule has 1 atom stereocenters. The predicted octanol–water partition coefficient (Wildman–Crippen LogP) is 4.60. The summed E-state index contributed by atoms with van der Waals surface area (Å²) < 4.78 is 22.4. The van der Waals surface area contributed by atoms with Gasteiger partial charge in [0, 0.05) is 22.4 Å². The first-order chi connectivity index (χ1) is 14.5. The third-order valence-corrected chi connectivity index (χ3v) is 5.08. The van der Waals surface area contributed by atoms with Crippen molar-refractivity contribution in [3.05, 3.63) is 76.1 Å². The van der Waals surface area contributed by atoms with Gasteiger partial charge in [-0.2, -0.15) is 0 Å². The number of hydrogen-bond donors (Lipinski definition) is 1. The maximum absolute atomic E-state index is 12.6. The Labute approximate surface area is 173 Å². The molecule has 0 spiro atoms. The van der Waals surface area contributed by atoms with Crippen molar-refractivity contribution in [3.63, 3.8) is 0 Å². The average molecular weight is 406 g/mol. The second-order valence-corrected chi connectivity index (χ2v) is 6.97. The van der Waals surface area contributed by atoms with E-state index in [1.807, 2.05) is 30.3 Å². The van der Waals surface area contributed by atoms with Crippen molar-refractivity contribution >= 4 is 21.7 Å². The molecule has 4 aromatic rings. The molecular formula is C24H22O6. The minimum Gasteiger partial charge on any atom is -0.496 e. The highest BCUT2D eigenvalue weighted by molar-refractivity contribution is 6.05. The monoisotopic (exact) mass is 406 g/mol. The zero-order valence-corrected chi connectivity index (χ0v) is 17.0. The molecular weight excluding hydrogens is 384 g/mol. The predicted molar refractivity (Wildman–Crippen MR) is 115 cm³/mol. The minimum atomic E-state index is -0.676. The van der Waals surface area contributed by atoms with Crippen molar-refractivity contribution in [2.24, 2.45) is 0 Å². The first-order valence-electron chi connectivity index (χ1n) is 9.53. The number of aliphatic hydroxyl groups excluding tert-OH is 1. The molecule has 0 amide bonds. The van der Waals surface area contributed by atoms with E-state index in [-0.39, 0.29) is 6.61 Å². The van der Waals surface area contributed by atoms with Crippen molar-refractivity contribution in [1.29, 1.82) is 0 Å². The summed E-state index contributed by atoms with van der Waals surface area (Å²) in [5, 5.41) is 11.7. The lowest BCUT2D eigenvalue weighted by molar-refractivity contribution is 0.199. The highest BCUT2D eigenvalue weighted by Crippen LogP contribution is 2.36. The smallest absolute Gasteiger partial charge is 0.344 e. The van der Waals surface area contributed by atoms with E-state index in [0.717, 1.165) is 22.1 Å². The Morgan fingerprint density at radius 3 is 2.40 bits per heavy atom. The van der Waals surface area contributed by atoms with Crippen LogP contribution in [0.3, 0.4) is 0 Å². The molecule has 30 heavy (non-hydrogen) atoms. The van der Waals surface area contributed by atoms with Gasteiger partial charge in [0.1, 0.15) is 17.9 Å². The van der Waals surface area contributed by atoms with Crippen LogP contribution in [-0.4, -0.2) is 19.3 Å². The number of aliphatic hydroxyl groups is 1. The fourth-order valence-electron chi connectivity index (χ4n) is 3.47. The van der Waals surface area contributed by atoms with Crippen LogP contribution in [0.15, 0.2) is 63.8 Å². The van der Waals surface area contributed by atoms with Crippen molar-refractivity contribution in [2.75, 3.05) is 14.2 Å². The fourth-order valence-corrected chi connectivity index (χ4v) is 3.47. The maximum Gasteiger partial charge on any atom is 0.344 e. The van der Waals surface area contributed by atoms with Crippen molar-refractivity contribution in [3.8, 4) is 17.2 Å². The summed E-state index contributed by atoms with van der Waals surface area (Å²) in [6.45, 7) is 1.92. The van der Waals surface area contributed by atoms with Crippen LogP contribution < -0.4 is 19.8 Å². The number of hydrogen-bond acceptors (Lipinski definition) is 6. The van der Waals surface area contributed by atoms with Gasteiger partial charge in [-0.15, -0.1) is 0 Å². The molecule has 1 aromatic heterocycles. The Bertz CT molecular complexity index is 1270. The van der Waals surface area contributed by atoms with Gasteiger partial charge in [0.2, 0.25) is 0 Å². The van der Waals surface area contributed by atoms with Gasteiger partial charge in [-0.05, 0) is 30.7 Å². The van der Waals surface area contributed by atoms with E-state index < -0.39 is 11.7 Å². The molecule has 0 aliphatic heterocycles. The zero-order valence-electron chi connectivity index (χ0n) is 17.0. The molecule has 1 unspecified atom stereocenters. The van der Waals surface area contributed by atoms with Gasteiger partial charge in [-0.1, -0.05) is 30.3 Å². The van der Waals surface area contributed by atoms with Crippen molar-refractivity contribution in [1.82, 2.24) is 0 Å². The van der Waals surface area contributed by atoms with Gasteiger partial charge in [0.25, 0.3) is 0 Å². The van der Waals surface area contributed by atoms with Crippen LogP contribution >= 0.6 is 0 Å². The minimum absolute atomic E-state index is 0.265. The van der Waals surface area contributed by atoms with Gasteiger partial charge in [-0.3, -0.25) is 0 Å². The summed E-state index contributed by atoms with van der Waals surface area (Å²) >= 11 is 0. The van der Waals surface area contributed by atoms with Gasteiger partial charge < -0.3 is 23.7 Å². The van der Waals surface area contributed by atoms with Crippen molar-refractivity contribution < 1.29 is 23.7 Å². The van der Waals surface area contributed by atoms with Gasteiger partial charge in [0.05, 0.1) is 25.7 Å². The molecule has 0 fully saturated rings. The van der Waals surface area contributed by atoms with Gasteiger partial charge >= 0.3 is 5.63 Å². The Kier molecular flexibility index (Phi) is 5.33. The number of ether oxygens (including phenoxy) is 3. The van der Waals surface area contributed by atoms with E-state index in [1.54, 1.807) is 45.4 Å². The molecule has 3 aromatic carbocycles. The second kappa shape index (κ2) is 8.08. The third kappa shape index (κ3) is 3.57. The largest absolute Gasteiger partial charge is 0.496 e. The van der Waals surface area contributed by atoms with E-state index in [4.69, 9.17) is 18.6 Å². The van der Waals surface area contributed by atoms with Crippen LogP contribution in [0.2, 0.25) is 0 Å². The van der Waals surface area contributed by atoms with E-state index in [2.05, 4.69) is 0 Å². The van der Waals surface area contributed by atoms with Crippen molar-refractivity contribution in [2.45, 2.75) is 19.6 Å². The van der Waals surface area contributed by atoms with Crippen LogP contribution in [0.25, 0.3) is 21.7 Å². The van der Waals surface area contributed by atoms with Crippen LogP contribution in [0, 0.1) is 0 Å². The second-order valence-electron chi connectivity index (χ2n) is 6.97. The summed E-state index contributed by atoms with van der Waals surface area (Å²) in [4.78, 5) is 12.6.